The van der Waals surface area contributed by atoms with Crippen LogP contribution in [0.25, 0.3) is 5.65 Å². The molecule has 2 heterocycles. The van der Waals surface area contributed by atoms with Gasteiger partial charge in [-0.25, -0.2) is 4.98 Å². The molecular formula is C10H12BrN5. The Morgan fingerprint density at radius 1 is 1.50 bits per heavy atom. The van der Waals surface area contributed by atoms with E-state index in [1.54, 1.807) is 12.5 Å². The van der Waals surface area contributed by atoms with Crippen LogP contribution in [0.1, 0.15) is 12.8 Å². The van der Waals surface area contributed by atoms with Gasteiger partial charge in [0.05, 0.1) is 0 Å². The van der Waals surface area contributed by atoms with Gasteiger partial charge in [0.15, 0.2) is 5.82 Å². The molecule has 6 heteroatoms. The Hall–Kier alpha value is -1.17. The van der Waals surface area contributed by atoms with Gasteiger partial charge in [-0.15, -0.1) is 10.2 Å². The zero-order valence-corrected chi connectivity index (χ0v) is 10.3. The van der Waals surface area contributed by atoms with E-state index in [1.165, 1.54) is 12.8 Å². The molecule has 1 aliphatic carbocycles. The van der Waals surface area contributed by atoms with Crippen molar-refractivity contribution in [1.29, 1.82) is 0 Å². The van der Waals surface area contributed by atoms with Crippen LogP contribution < -0.4 is 4.90 Å². The first-order valence-corrected chi connectivity index (χ1v) is 6.49. The van der Waals surface area contributed by atoms with Crippen LogP contribution in [0.5, 0.6) is 0 Å². The molecule has 16 heavy (non-hydrogen) atoms. The summed E-state index contributed by atoms with van der Waals surface area (Å²) < 4.78 is 1.91. The lowest BCUT2D eigenvalue weighted by Crippen LogP contribution is -2.29. The van der Waals surface area contributed by atoms with E-state index < -0.39 is 0 Å². The molecular weight excluding hydrogens is 270 g/mol. The number of nitrogens with zero attached hydrogens (tertiary/aromatic N) is 5. The molecule has 0 N–H and O–H groups in total. The molecule has 0 atom stereocenters. The Morgan fingerprint density at radius 2 is 2.38 bits per heavy atom. The van der Waals surface area contributed by atoms with Gasteiger partial charge in [-0.3, -0.25) is 4.40 Å². The number of halogens is 1. The van der Waals surface area contributed by atoms with E-state index >= 15 is 0 Å². The number of aromatic nitrogens is 4. The molecule has 0 saturated heterocycles. The van der Waals surface area contributed by atoms with Gasteiger partial charge in [0.25, 0.3) is 0 Å². The number of hydrogen-bond donors (Lipinski definition) is 0. The molecule has 1 fully saturated rings. The molecule has 0 unspecified atom stereocenters. The minimum Gasteiger partial charge on any atom is -0.350 e. The standard InChI is InChI=1S/C10H12BrN5/c11-3-5-16(8-1-2-8)9-10-14-13-7-15(10)6-4-12-9/h4,6-8H,1-3,5H2. The third-order valence-electron chi connectivity index (χ3n) is 2.78. The van der Waals surface area contributed by atoms with Crippen LogP contribution in [0.3, 0.4) is 0 Å². The van der Waals surface area contributed by atoms with Crippen molar-refractivity contribution in [3.8, 4) is 0 Å². The van der Waals surface area contributed by atoms with Gasteiger partial charge in [0.1, 0.15) is 6.33 Å². The maximum Gasteiger partial charge on any atom is 0.203 e. The fourth-order valence-electron chi connectivity index (χ4n) is 1.89. The van der Waals surface area contributed by atoms with Crippen molar-refractivity contribution in [2.45, 2.75) is 18.9 Å². The maximum absolute atomic E-state index is 4.44. The van der Waals surface area contributed by atoms with Crippen molar-refractivity contribution in [1.82, 2.24) is 19.6 Å². The molecule has 1 aliphatic rings. The molecule has 5 nitrogen and oxygen atoms in total. The van der Waals surface area contributed by atoms with Gasteiger partial charge in [-0.05, 0) is 12.8 Å². The highest BCUT2D eigenvalue weighted by atomic mass is 79.9. The average molecular weight is 282 g/mol. The van der Waals surface area contributed by atoms with Gasteiger partial charge < -0.3 is 4.90 Å². The van der Waals surface area contributed by atoms with E-state index in [0.29, 0.717) is 6.04 Å². The van der Waals surface area contributed by atoms with Crippen molar-refractivity contribution >= 4 is 27.4 Å². The Kier molecular flexibility index (Phi) is 2.51. The van der Waals surface area contributed by atoms with Crippen molar-refractivity contribution in [3.05, 3.63) is 18.7 Å². The van der Waals surface area contributed by atoms with E-state index in [2.05, 4.69) is 36.0 Å². The van der Waals surface area contributed by atoms with Crippen LogP contribution in [0, 0.1) is 0 Å². The molecule has 2 aromatic heterocycles. The van der Waals surface area contributed by atoms with Gasteiger partial charge in [0, 0.05) is 30.3 Å². The zero-order valence-electron chi connectivity index (χ0n) is 8.75. The third-order valence-corrected chi connectivity index (χ3v) is 3.14. The number of anilines is 1. The summed E-state index contributed by atoms with van der Waals surface area (Å²) in [5.41, 5.74) is 0.843. The minimum absolute atomic E-state index is 0.632. The summed E-state index contributed by atoms with van der Waals surface area (Å²) in [6.07, 6.45) is 7.89. The van der Waals surface area contributed by atoms with Gasteiger partial charge in [-0.1, -0.05) is 15.9 Å². The normalized spacial score (nSPS) is 15.6. The molecule has 0 spiro atoms. The van der Waals surface area contributed by atoms with Crippen molar-refractivity contribution in [3.63, 3.8) is 0 Å². The molecule has 2 aromatic rings. The summed E-state index contributed by atoms with van der Waals surface area (Å²) in [4.78, 5) is 6.76. The van der Waals surface area contributed by atoms with Crippen molar-refractivity contribution < 1.29 is 0 Å². The number of hydrogen-bond acceptors (Lipinski definition) is 4. The molecule has 0 aromatic carbocycles. The van der Waals surface area contributed by atoms with E-state index in [4.69, 9.17) is 0 Å². The van der Waals surface area contributed by atoms with Crippen LogP contribution in [0.2, 0.25) is 0 Å². The fraction of sp³-hybridized carbons (Fsp3) is 0.500. The van der Waals surface area contributed by atoms with Gasteiger partial charge in [0.2, 0.25) is 5.65 Å². The highest BCUT2D eigenvalue weighted by Gasteiger charge is 2.31. The Morgan fingerprint density at radius 3 is 3.12 bits per heavy atom. The van der Waals surface area contributed by atoms with E-state index in [-0.39, 0.29) is 0 Å². The zero-order chi connectivity index (χ0) is 11.0. The Labute approximate surface area is 102 Å². The molecule has 1 saturated carbocycles. The minimum atomic E-state index is 0.632. The quantitative estimate of drug-likeness (QED) is 0.797. The fourth-order valence-corrected chi connectivity index (χ4v) is 2.27. The molecule has 0 aliphatic heterocycles. The first-order valence-electron chi connectivity index (χ1n) is 5.37. The summed E-state index contributed by atoms with van der Waals surface area (Å²) in [5, 5.41) is 8.99. The summed E-state index contributed by atoms with van der Waals surface area (Å²) in [7, 11) is 0. The van der Waals surface area contributed by atoms with Gasteiger partial charge >= 0.3 is 0 Å². The Bertz CT molecular complexity index is 493. The van der Waals surface area contributed by atoms with Gasteiger partial charge in [-0.2, -0.15) is 0 Å². The molecule has 0 amide bonds. The van der Waals surface area contributed by atoms with Crippen molar-refractivity contribution in [2.24, 2.45) is 0 Å². The highest BCUT2D eigenvalue weighted by molar-refractivity contribution is 9.09. The van der Waals surface area contributed by atoms with Crippen LogP contribution >= 0.6 is 15.9 Å². The average Bonchev–Trinajstić information content (AvgIpc) is 3.02. The summed E-state index contributed by atoms with van der Waals surface area (Å²) in [6, 6.07) is 0.632. The summed E-state index contributed by atoms with van der Waals surface area (Å²) in [5.74, 6) is 0.946. The molecule has 0 bridgehead atoms. The SMILES string of the molecule is BrCCN(c1nccn2cnnc12)C1CC1. The van der Waals surface area contributed by atoms with E-state index in [1.807, 2.05) is 10.6 Å². The maximum atomic E-state index is 4.44. The van der Waals surface area contributed by atoms with Crippen LogP contribution in [0.15, 0.2) is 18.7 Å². The second-order valence-corrected chi connectivity index (χ2v) is 4.72. The topological polar surface area (TPSA) is 46.3 Å². The summed E-state index contributed by atoms with van der Waals surface area (Å²) >= 11 is 3.49. The lowest BCUT2D eigenvalue weighted by molar-refractivity contribution is 0.813. The molecule has 0 radical (unpaired) electrons. The predicted octanol–water partition coefficient (Wildman–Crippen LogP) is 1.49. The second kappa shape index (κ2) is 4.01. The van der Waals surface area contributed by atoms with Crippen molar-refractivity contribution in [2.75, 3.05) is 16.8 Å². The smallest absolute Gasteiger partial charge is 0.203 e. The lowest BCUT2D eigenvalue weighted by atomic mass is 10.4. The predicted molar refractivity (Wildman–Crippen MR) is 64.9 cm³/mol. The monoisotopic (exact) mass is 281 g/mol. The molecule has 84 valence electrons. The largest absolute Gasteiger partial charge is 0.350 e. The lowest BCUT2D eigenvalue weighted by Gasteiger charge is -2.22. The highest BCUT2D eigenvalue weighted by Crippen LogP contribution is 2.31. The first kappa shape index (κ1) is 10.0. The van der Waals surface area contributed by atoms with E-state index in [0.717, 1.165) is 23.3 Å². The molecule has 3 rings (SSSR count). The number of alkyl halides is 1. The second-order valence-electron chi connectivity index (χ2n) is 3.93. The number of rotatable bonds is 4. The Balaban J connectivity index is 2.04. The summed E-state index contributed by atoms with van der Waals surface area (Å²) in [6.45, 7) is 0.962. The first-order chi connectivity index (χ1) is 7.90. The van der Waals surface area contributed by atoms with E-state index in [9.17, 15) is 0 Å². The third kappa shape index (κ3) is 1.67. The van der Waals surface area contributed by atoms with Crippen LogP contribution in [-0.4, -0.2) is 37.5 Å². The number of fused-ring (bicyclic) bond motifs is 1. The van der Waals surface area contributed by atoms with Crippen LogP contribution in [0.4, 0.5) is 5.82 Å². The van der Waals surface area contributed by atoms with Crippen LogP contribution in [-0.2, 0) is 0 Å².